The van der Waals surface area contributed by atoms with E-state index in [1.54, 1.807) is 20.4 Å². The van der Waals surface area contributed by atoms with E-state index in [1.807, 2.05) is 95.6 Å². The number of ether oxygens (including phenoxy) is 2. The van der Waals surface area contributed by atoms with Crippen molar-refractivity contribution in [2.45, 2.75) is 5.16 Å². The van der Waals surface area contributed by atoms with Crippen LogP contribution in [0.1, 0.15) is 5.56 Å². The smallest absolute Gasteiger partial charge is 0.250 e. The molecule has 1 aromatic heterocycles. The molecule has 9 heteroatoms. The molecule has 200 valence electrons. The van der Waals surface area contributed by atoms with E-state index in [0.29, 0.717) is 22.5 Å². The maximum atomic E-state index is 12.6. The quantitative estimate of drug-likeness (QED) is 0.133. The van der Waals surface area contributed by atoms with E-state index in [1.165, 1.54) is 11.8 Å². The van der Waals surface area contributed by atoms with Crippen LogP contribution in [0.2, 0.25) is 0 Å². The van der Waals surface area contributed by atoms with Crippen molar-refractivity contribution in [3.05, 3.63) is 109 Å². The van der Waals surface area contributed by atoms with Crippen molar-refractivity contribution in [1.82, 2.24) is 20.2 Å². The Labute approximate surface area is 236 Å². The van der Waals surface area contributed by atoms with Gasteiger partial charge in [0.1, 0.15) is 0 Å². The van der Waals surface area contributed by atoms with E-state index in [2.05, 4.69) is 32.9 Å². The first-order valence-electron chi connectivity index (χ1n) is 12.5. The Morgan fingerprint density at radius 1 is 0.825 bits per heavy atom. The molecule has 1 amide bonds. The number of rotatable bonds is 10. The molecule has 0 aliphatic rings. The molecule has 40 heavy (non-hydrogen) atoms. The van der Waals surface area contributed by atoms with E-state index in [9.17, 15) is 4.79 Å². The molecule has 5 aromatic rings. The number of carbonyl (C=O) groups excluding carboxylic acids is 1. The topological polar surface area (TPSA) is 90.6 Å². The van der Waals surface area contributed by atoms with E-state index < -0.39 is 0 Å². The summed E-state index contributed by atoms with van der Waals surface area (Å²) in [6.07, 6.45) is 1.62. The monoisotopic (exact) mass is 549 g/mol. The molecule has 0 atom stereocenters. The molecule has 1 N–H and O–H groups in total. The number of hydrogen-bond acceptors (Lipinski definition) is 7. The van der Waals surface area contributed by atoms with Gasteiger partial charge >= 0.3 is 0 Å². The van der Waals surface area contributed by atoms with Crippen LogP contribution in [0.25, 0.3) is 28.2 Å². The van der Waals surface area contributed by atoms with E-state index in [-0.39, 0.29) is 11.7 Å². The predicted octanol–water partition coefficient (Wildman–Crippen LogP) is 5.86. The van der Waals surface area contributed by atoms with Crippen LogP contribution < -0.4 is 14.9 Å². The minimum atomic E-state index is -0.252. The lowest BCUT2D eigenvalue weighted by molar-refractivity contribution is -0.118. The van der Waals surface area contributed by atoms with Crippen molar-refractivity contribution in [3.63, 3.8) is 0 Å². The van der Waals surface area contributed by atoms with Gasteiger partial charge in [-0.1, -0.05) is 84.6 Å². The van der Waals surface area contributed by atoms with Gasteiger partial charge in [-0.05, 0) is 47.0 Å². The van der Waals surface area contributed by atoms with Crippen molar-refractivity contribution in [2.75, 3.05) is 20.0 Å². The number of aromatic nitrogens is 3. The molecule has 0 radical (unpaired) electrons. The Morgan fingerprint density at radius 3 is 2.17 bits per heavy atom. The number of amides is 1. The van der Waals surface area contributed by atoms with Crippen LogP contribution in [0.5, 0.6) is 11.5 Å². The maximum absolute atomic E-state index is 12.6. The summed E-state index contributed by atoms with van der Waals surface area (Å²) in [5.74, 6) is 1.69. The van der Waals surface area contributed by atoms with Crippen LogP contribution in [-0.2, 0) is 4.79 Å². The van der Waals surface area contributed by atoms with Gasteiger partial charge in [-0.15, -0.1) is 10.2 Å². The molecule has 0 fully saturated rings. The molecule has 0 unspecified atom stereocenters. The van der Waals surface area contributed by atoms with Gasteiger partial charge in [-0.2, -0.15) is 5.10 Å². The van der Waals surface area contributed by atoms with Gasteiger partial charge in [0, 0.05) is 11.3 Å². The fourth-order valence-corrected chi connectivity index (χ4v) is 4.81. The summed E-state index contributed by atoms with van der Waals surface area (Å²) in [4.78, 5) is 12.6. The van der Waals surface area contributed by atoms with Crippen LogP contribution >= 0.6 is 11.8 Å². The fraction of sp³-hybridized carbons (Fsp3) is 0.0968. The second-order valence-electron chi connectivity index (χ2n) is 8.62. The number of hydrogen-bond donors (Lipinski definition) is 1. The number of carbonyl (C=O) groups is 1. The molecule has 0 bridgehead atoms. The third-order valence-corrected chi connectivity index (χ3v) is 6.97. The van der Waals surface area contributed by atoms with Crippen LogP contribution in [0.3, 0.4) is 0 Å². The van der Waals surface area contributed by atoms with Crippen molar-refractivity contribution in [1.29, 1.82) is 0 Å². The average Bonchev–Trinajstić information content (AvgIpc) is 3.45. The van der Waals surface area contributed by atoms with Gasteiger partial charge < -0.3 is 9.47 Å². The molecule has 0 saturated carbocycles. The zero-order valence-electron chi connectivity index (χ0n) is 22.0. The molecule has 0 spiro atoms. The first kappa shape index (κ1) is 26.7. The highest BCUT2D eigenvalue weighted by molar-refractivity contribution is 7.99. The van der Waals surface area contributed by atoms with Crippen molar-refractivity contribution in [3.8, 4) is 39.7 Å². The standard InChI is InChI=1S/C31H27N5O3S/c1-38-27-18-17-25(19-28(27)39-2)30-34-35-31(36(30)26-11-7-4-8-12-26)40-21-29(37)33-32-20-22-13-15-24(16-14-22)23-9-5-3-6-10-23/h3-20H,21H2,1-2H3,(H,33,37)/b32-20-. The Hall–Kier alpha value is -4.89. The van der Waals surface area contributed by atoms with Crippen molar-refractivity contribution >= 4 is 23.9 Å². The third kappa shape index (κ3) is 6.22. The van der Waals surface area contributed by atoms with Crippen LogP contribution in [0, 0.1) is 0 Å². The van der Waals surface area contributed by atoms with E-state index in [0.717, 1.165) is 27.9 Å². The summed E-state index contributed by atoms with van der Waals surface area (Å²) in [5, 5.41) is 13.5. The van der Waals surface area contributed by atoms with Crippen LogP contribution in [-0.4, -0.2) is 46.9 Å². The largest absolute Gasteiger partial charge is 0.493 e. The Bertz CT molecular complexity index is 1600. The highest BCUT2D eigenvalue weighted by Crippen LogP contribution is 2.34. The first-order chi connectivity index (χ1) is 19.7. The number of thioether (sulfide) groups is 1. The summed E-state index contributed by atoms with van der Waals surface area (Å²) >= 11 is 1.28. The van der Waals surface area contributed by atoms with Gasteiger partial charge in [-0.3, -0.25) is 9.36 Å². The highest BCUT2D eigenvalue weighted by Gasteiger charge is 2.18. The summed E-state index contributed by atoms with van der Waals surface area (Å²) in [5.41, 5.74) is 7.42. The van der Waals surface area contributed by atoms with E-state index >= 15 is 0 Å². The molecular weight excluding hydrogens is 522 g/mol. The number of nitrogens with one attached hydrogen (secondary N) is 1. The van der Waals surface area contributed by atoms with Gasteiger partial charge in [0.25, 0.3) is 5.91 Å². The third-order valence-electron chi connectivity index (χ3n) is 6.04. The molecule has 1 heterocycles. The normalized spacial score (nSPS) is 10.9. The number of para-hydroxylation sites is 1. The molecular formula is C31H27N5O3S. The molecule has 5 rings (SSSR count). The molecule has 8 nitrogen and oxygen atoms in total. The SMILES string of the molecule is COc1ccc(-c2nnc(SCC(=O)N/N=C\c3ccc(-c4ccccc4)cc3)n2-c2ccccc2)cc1OC. The summed E-state index contributed by atoms with van der Waals surface area (Å²) in [6.45, 7) is 0. The summed E-state index contributed by atoms with van der Waals surface area (Å²) in [6, 6.07) is 33.5. The first-order valence-corrected chi connectivity index (χ1v) is 13.5. The summed E-state index contributed by atoms with van der Waals surface area (Å²) in [7, 11) is 3.18. The minimum Gasteiger partial charge on any atom is -0.493 e. The second-order valence-corrected chi connectivity index (χ2v) is 9.56. The Balaban J connectivity index is 1.27. The van der Waals surface area contributed by atoms with Crippen molar-refractivity contribution in [2.24, 2.45) is 5.10 Å². The fourth-order valence-electron chi connectivity index (χ4n) is 4.07. The number of benzene rings is 4. The van der Waals surface area contributed by atoms with Crippen molar-refractivity contribution < 1.29 is 14.3 Å². The second kappa shape index (κ2) is 12.8. The molecule has 4 aromatic carbocycles. The number of methoxy groups -OCH3 is 2. The Kier molecular flexibility index (Phi) is 8.53. The number of hydrazone groups is 1. The van der Waals surface area contributed by atoms with Gasteiger partial charge in [0.05, 0.1) is 26.2 Å². The van der Waals surface area contributed by atoms with E-state index in [4.69, 9.17) is 9.47 Å². The molecule has 0 saturated heterocycles. The van der Waals surface area contributed by atoms with Gasteiger partial charge in [0.15, 0.2) is 22.5 Å². The maximum Gasteiger partial charge on any atom is 0.250 e. The minimum absolute atomic E-state index is 0.112. The predicted molar refractivity (Wildman–Crippen MR) is 158 cm³/mol. The zero-order valence-corrected chi connectivity index (χ0v) is 22.8. The van der Waals surface area contributed by atoms with Crippen LogP contribution in [0.15, 0.2) is 113 Å². The Morgan fingerprint density at radius 2 is 1.48 bits per heavy atom. The lowest BCUT2D eigenvalue weighted by atomic mass is 10.0. The molecule has 0 aliphatic heterocycles. The molecule has 0 aliphatic carbocycles. The van der Waals surface area contributed by atoms with Gasteiger partial charge in [-0.25, -0.2) is 5.43 Å². The lowest BCUT2D eigenvalue weighted by Crippen LogP contribution is -2.20. The lowest BCUT2D eigenvalue weighted by Gasteiger charge is -2.12. The summed E-state index contributed by atoms with van der Waals surface area (Å²) < 4.78 is 12.8. The van der Waals surface area contributed by atoms with Gasteiger partial charge in [0.2, 0.25) is 0 Å². The van der Waals surface area contributed by atoms with Crippen LogP contribution in [0.4, 0.5) is 0 Å². The average molecular weight is 550 g/mol. The zero-order chi connectivity index (χ0) is 27.7. The number of nitrogens with zero attached hydrogens (tertiary/aromatic N) is 4. The highest BCUT2D eigenvalue weighted by atomic mass is 32.2.